The van der Waals surface area contributed by atoms with Crippen LogP contribution in [0.5, 0.6) is 11.5 Å². The summed E-state index contributed by atoms with van der Waals surface area (Å²) in [6.45, 7) is 0. The first-order valence-corrected chi connectivity index (χ1v) is 11.1. The molecule has 36 heavy (non-hydrogen) atoms. The summed E-state index contributed by atoms with van der Waals surface area (Å²) in [6, 6.07) is 24.1. The maximum Gasteiger partial charge on any atom is 0.345 e. The standard InChI is InChI=1S/C27H20ClN3O5/c1-35-24-15-17(13-14-23(24)36-27(34)20-10-4-5-11-21(20)28)16-29-31-26(33)25(32)30-22-12-6-8-18-7-2-3-9-19(18)22/h2-16H,1H3,(H,30,32)(H,31,33)/b29-16-. The molecule has 0 bridgehead atoms. The van der Waals surface area contributed by atoms with Gasteiger partial charge in [-0.05, 0) is 47.3 Å². The Hall–Kier alpha value is -4.69. The van der Waals surface area contributed by atoms with Crippen molar-refractivity contribution in [1.29, 1.82) is 0 Å². The first-order valence-electron chi connectivity index (χ1n) is 10.7. The van der Waals surface area contributed by atoms with Gasteiger partial charge < -0.3 is 14.8 Å². The largest absolute Gasteiger partial charge is 0.493 e. The van der Waals surface area contributed by atoms with E-state index in [9.17, 15) is 14.4 Å². The van der Waals surface area contributed by atoms with E-state index in [0.717, 1.165) is 10.8 Å². The Morgan fingerprint density at radius 3 is 2.42 bits per heavy atom. The van der Waals surface area contributed by atoms with Crippen LogP contribution in [-0.2, 0) is 9.59 Å². The molecule has 0 aliphatic carbocycles. The number of hydrazone groups is 1. The van der Waals surface area contributed by atoms with E-state index < -0.39 is 17.8 Å². The normalized spacial score (nSPS) is 10.7. The lowest BCUT2D eigenvalue weighted by Crippen LogP contribution is -2.32. The molecule has 0 spiro atoms. The minimum absolute atomic E-state index is 0.179. The summed E-state index contributed by atoms with van der Waals surface area (Å²) in [6.07, 6.45) is 1.32. The Balaban J connectivity index is 1.39. The molecule has 8 nitrogen and oxygen atoms in total. The van der Waals surface area contributed by atoms with Gasteiger partial charge in [-0.1, -0.05) is 60.1 Å². The second-order valence-corrected chi connectivity index (χ2v) is 7.87. The molecule has 4 rings (SSSR count). The zero-order chi connectivity index (χ0) is 25.5. The van der Waals surface area contributed by atoms with Crippen molar-refractivity contribution >= 4 is 52.1 Å². The lowest BCUT2D eigenvalue weighted by atomic mass is 10.1. The number of benzene rings is 4. The molecule has 9 heteroatoms. The van der Waals surface area contributed by atoms with Crippen molar-refractivity contribution in [2.75, 3.05) is 12.4 Å². The number of hydrogen-bond donors (Lipinski definition) is 2. The molecule has 180 valence electrons. The number of nitrogens with zero attached hydrogens (tertiary/aromatic N) is 1. The van der Waals surface area contributed by atoms with E-state index in [2.05, 4.69) is 15.8 Å². The predicted molar refractivity (Wildman–Crippen MR) is 138 cm³/mol. The number of anilines is 1. The Morgan fingerprint density at radius 2 is 1.61 bits per heavy atom. The number of carbonyl (C=O) groups is 3. The van der Waals surface area contributed by atoms with E-state index in [-0.39, 0.29) is 22.1 Å². The third kappa shape index (κ3) is 5.68. The first-order chi connectivity index (χ1) is 17.5. The molecular formula is C27H20ClN3O5. The smallest absolute Gasteiger partial charge is 0.345 e. The van der Waals surface area contributed by atoms with Gasteiger partial charge in [0.2, 0.25) is 0 Å². The molecule has 0 heterocycles. The molecular weight excluding hydrogens is 482 g/mol. The van der Waals surface area contributed by atoms with Gasteiger partial charge in [0.05, 0.1) is 23.9 Å². The molecule has 0 unspecified atom stereocenters. The fourth-order valence-corrected chi connectivity index (χ4v) is 3.57. The second-order valence-electron chi connectivity index (χ2n) is 7.46. The highest BCUT2D eigenvalue weighted by Crippen LogP contribution is 2.29. The second kappa shape index (κ2) is 11.2. The van der Waals surface area contributed by atoms with Crippen molar-refractivity contribution < 1.29 is 23.9 Å². The van der Waals surface area contributed by atoms with Gasteiger partial charge >= 0.3 is 17.8 Å². The van der Waals surface area contributed by atoms with Crippen molar-refractivity contribution in [3.05, 3.63) is 101 Å². The average molecular weight is 502 g/mol. The average Bonchev–Trinajstić information content (AvgIpc) is 2.89. The highest BCUT2D eigenvalue weighted by Gasteiger charge is 2.16. The van der Waals surface area contributed by atoms with Gasteiger partial charge in [0, 0.05) is 11.1 Å². The monoisotopic (exact) mass is 501 g/mol. The van der Waals surface area contributed by atoms with Crippen LogP contribution in [0, 0.1) is 0 Å². The number of amides is 2. The zero-order valence-corrected chi connectivity index (χ0v) is 19.8. The highest BCUT2D eigenvalue weighted by molar-refractivity contribution is 6.40. The van der Waals surface area contributed by atoms with E-state index >= 15 is 0 Å². The van der Waals surface area contributed by atoms with Gasteiger partial charge in [-0.15, -0.1) is 0 Å². The molecule has 0 saturated heterocycles. The third-order valence-electron chi connectivity index (χ3n) is 5.11. The fraction of sp³-hybridized carbons (Fsp3) is 0.0370. The van der Waals surface area contributed by atoms with Crippen molar-refractivity contribution in [3.63, 3.8) is 0 Å². The quantitative estimate of drug-likeness (QED) is 0.130. The first kappa shape index (κ1) is 24.4. The van der Waals surface area contributed by atoms with Crippen LogP contribution in [0.15, 0.2) is 90.0 Å². The van der Waals surface area contributed by atoms with Crippen molar-refractivity contribution in [2.24, 2.45) is 5.10 Å². The number of hydrogen-bond acceptors (Lipinski definition) is 6. The summed E-state index contributed by atoms with van der Waals surface area (Å²) in [5.74, 6) is -1.98. The van der Waals surface area contributed by atoms with Gasteiger partial charge in [0.25, 0.3) is 0 Å². The van der Waals surface area contributed by atoms with Crippen molar-refractivity contribution in [1.82, 2.24) is 5.43 Å². The molecule has 0 fully saturated rings. The minimum atomic E-state index is -0.934. The molecule has 0 atom stereocenters. The number of halogens is 1. The molecule has 2 N–H and O–H groups in total. The van der Waals surface area contributed by atoms with Gasteiger partial charge in [-0.25, -0.2) is 10.2 Å². The fourth-order valence-electron chi connectivity index (χ4n) is 3.36. The van der Waals surface area contributed by atoms with E-state index in [1.54, 1.807) is 48.5 Å². The number of rotatable bonds is 6. The minimum Gasteiger partial charge on any atom is -0.493 e. The lowest BCUT2D eigenvalue weighted by molar-refractivity contribution is -0.136. The molecule has 0 aliphatic heterocycles. The summed E-state index contributed by atoms with van der Waals surface area (Å²) in [5.41, 5.74) is 3.45. The number of esters is 1. The van der Waals surface area contributed by atoms with Crippen LogP contribution in [0.25, 0.3) is 10.8 Å². The number of carbonyl (C=O) groups excluding carboxylic acids is 3. The van der Waals surface area contributed by atoms with E-state index in [1.165, 1.54) is 19.4 Å². The number of fused-ring (bicyclic) bond motifs is 1. The molecule has 0 aromatic heterocycles. The van der Waals surface area contributed by atoms with Crippen LogP contribution >= 0.6 is 11.6 Å². The molecule has 0 radical (unpaired) electrons. The van der Waals surface area contributed by atoms with Crippen LogP contribution in [0.2, 0.25) is 5.02 Å². The molecule has 0 saturated carbocycles. The van der Waals surface area contributed by atoms with E-state index in [1.807, 2.05) is 30.3 Å². The summed E-state index contributed by atoms with van der Waals surface area (Å²) >= 11 is 6.05. The summed E-state index contributed by atoms with van der Waals surface area (Å²) in [4.78, 5) is 36.9. The lowest BCUT2D eigenvalue weighted by Gasteiger charge is -2.10. The topological polar surface area (TPSA) is 106 Å². The zero-order valence-electron chi connectivity index (χ0n) is 19.0. The highest BCUT2D eigenvalue weighted by atomic mass is 35.5. The number of nitrogens with one attached hydrogen (secondary N) is 2. The third-order valence-corrected chi connectivity index (χ3v) is 5.44. The van der Waals surface area contributed by atoms with Crippen molar-refractivity contribution in [2.45, 2.75) is 0 Å². The Labute approximate surface area is 211 Å². The maximum absolute atomic E-state index is 12.4. The Morgan fingerprint density at radius 1 is 0.861 bits per heavy atom. The van der Waals surface area contributed by atoms with Crippen LogP contribution in [0.3, 0.4) is 0 Å². The van der Waals surface area contributed by atoms with E-state index in [0.29, 0.717) is 11.3 Å². The SMILES string of the molecule is COc1cc(/C=N\NC(=O)C(=O)Nc2cccc3ccccc23)ccc1OC(=O)c1ccccc1Cl. The molecule has 4 aromatic carbocycles. The van der Waals surface area contributed by atoms with Gasteiger partial charge in [-0.3, -0.25) is 9.59 Å². The van der Waals surface area contributed by atoms with E-state index in [4.69, 9.17) is 21.1 Å². The predicted octanol–water partition coefficient (Wildman–Crippen LogP) is 4.81. The summed E-state index contributed by atoms with van der Waals surface area (Å²) in [7, 11) is 1.42. The van der Waals surface area contributed by atoms with Crippen molar-refractivity contribution in [3.8, 4) is 11.5 Å². The Bertz CT molecular complexity index is 1480. The summed E-state index contributed by atoms with van der Waals surface area (Å²) in [5, 5.41) is 8.43. The van der Waals surface area contributed by atoms with Gasteiger partial charge in [0.1, 0.15) is 0 Å². The molecule has 2 amide bonds. The van der Waals surface area contributed by atoms with Gasteiger partial charge in [0.15, 0.2) is 11.5 Å². The van der Waals surface area contributed by atoms with Crippen LogP contribution in [0.4, 0.5) is 5.69 Å². The van der Waals surface area contributed by atoms with Crippen LogP contribution in [0.1, 0.15) is 15.9 Å². The van der Waals surface area contributed by atoms with Gasteiger partial charge in [-0.2, -0.15) is 5.10 Å². The van der Waals surface area contributed by atoms with Crippen LogP contribution in [-0.4, -0.2) is 31.1 Å². The summed E-state index contributed by atoms with van der Waals surface area (Å²) < 4.78 is 10.7. The molecule has 4 aromatic rings. The number of methoxy groups -OCH3 is 1. The molecule has 0 aliphatic rings. The Kier molecular flexibility index (Phi) is 7.57. The maximum atomic E-state index is 12.4. The number of ether oxygens (including phenoxy) is 2. The van der Waals surface area contributed by atoms with Crippen LogP contribution < -0.4 is 20.2 Å².